The zero-order valence-electron chi connectivity index (χ0n) is 17.9. The fourth-order valence-electron chi connectivity index (χ4n) is 5.11. The van der Waals surface area contributed by atoms with Gasteiger partial charge in [-0.15, -0.1) is 0 Å². The number of ether oxygens (including phenoxy) is 2. The third-order valence-electron chi connectivity index (χ3n) is 6.99. The number of oxazole rings is 1. The van der Waals surface area contributed by atoms with Crippen molar-refractivity contribution in [2.75, 3.05) is 33.4 Å². The van der Waals surface area contributed by atoms with E-state index in [-0.39, 0.29) is 17.3 Å². The lowest BCUT2D eigenvalue weighted by Crippen LogP contribution is -2.53. The molecule has 0 radical (unpaired) electrons. The first-order valence-corrected chi connectivity index (χ1v) is 10.9. The van der Waals surface area contributed by atoms with Gasteiger partial charge in [0, 0.05) is 31.8 Å². The predicted octanol–water partition coefficient (Wildman–Crippen LogP) is 3.47. The largest absolute Gasteiger partial charge is 0.420 e. The van der Waals surface area contributed by atoms with E-state index in [2.05, 4.69) is 17.9 Å². The lowest BCUT2D eigenvalue weighted by Gasteiger charge is -2.48. The first-order valence-electron chi connectivity index (χ1n) is 10.9. The molecule has 1 saturated heterocycles. The van der Waals surface area contributed by atoms with Crippen LogP contribution >= 0.6 is 0 Å². The van der Waals surface area contributed by atoms with Gasteiger partial charge < -0.3 is 13.9 Å². The van der Waals surface area contributed by atoms with E-state index in [4.69, 9.17) is 13.9 Å². The fourth-order valence-corrected chi connectivity index (χ4v) is 5.11. The molecule has 2 aliphatic rings. The Morgan fingerprint density at radius 1 is 1.20 bits per heavy atom. The molecule has 7 nitrogen and oxygen atoms in total. The summed E-state index contributed by atoms with van der Waals surface area (Å²) in [5.74, 6) is -0.321. The third kappa shape index (κ3) is 4.18. The van der Waals surface area contributed by atoms with Crippen molar-refractivity contribution in [2.24, 2.45) is 0 Å². The van der Waals surface area contributed by atoms with E-state index in [9.17, 15) is 10.1 Å². The van der Waals surface area contributed by atoms with Crippen LogP contribution in [-0.4, -0.2) is 54.5 Å². The molecule has 2 aromatic rings. The second-order valence-electron chi connectivity index (χ2n) is 8.81. The summed E-state index contributed by atoms with van der Waals surface area (Å²) in [7, 11) is 1.70. The zero-order chi connectivity index (χ0) is 21.1. The van der Waals surface area contributed by atoms with Crippen LogP contribution in [0.1, 0.15) is 57.1 Å². The van der Waals surface area contributed by atoms with E-state index in [0.29, 0.717) is 30.5 Å². The highest BCUT2D eigenvalue weighted by Gasteiger charge is 2.38. The van der Waals surface area contributed by atoms with Crippen LogP contribution < -0.4 is 5.76 Å². The van der Waals surface area contributed by atoms with Gasteiger partial charge in [0.05, 0.1) is 36.5 Å². The summed E-state index contributed by atoms with van der Waals surface area (Å²) in [6.07, 6.45) is 6.61. The summed E-state index contributed by atoms with van der Waals surface area (Å²) in [6.45, 7) is 5.63. The molecule has 2 heterocycles. The summed E-state index contributed by atoms with van der Waals surface area (Å²) in [6, 6.07) is 7.43. The number of fused-ring (bicyclic) bond motifs is 1. The normalized spacial score (nSPS) is 26.1. The second-order valence-corrected chi connectivity index (χ2v) is 8.81. The molecule has 162 valence electrons. The number of rotatable bonds is 6. The van der Waals surface area contributed by atoms with Gasteiger partial charge in [-0.25, -0.2) is 4.79 Å². The number of methoxy groups -OCH3 is 1. The summed E-state index contributed by atoms with van der Waals surface area (Å²) in [5.41, 5.74) is 2.04. The molecule has 30 heavy (non-hydrogen) atoms. The van der Waals surface area contributed by atoms with Gasteiger partial charge in [-0.05, 0) is 63.6 Å². The van der Waals surface area contributed by atoms with E-state index in [1.165, 1.54) is 0 Å². The molecule has 1 aliphatic heterocycles. The van der Waals surface area contributed by atoms with Crippen LogP contribution in [0.15, 0.2) is 27.4 Å². The fraction of sp³-hybridized carbons (Fsp3) is 0.652. The molecule has 0 atom stereocenters. The van der Waals surface area contributed by atoms with Crippen LogP contribution in [0.25, 0.3) is 11.1 Å². The summed E-state index contributed by atoms with van der Waals surface area (Å²) >= 11 is 0. The molecule has 1 aliphatic carbocycles. The Morgan fingerprint density at radius 3 is 2.60 bits per heavy atom. The SMILES string of the molecule is COCCOC1CCC(C)(N2CCC(n3c(=O)oc4ccc(C#N)cc43)CC2)CC1. The van der Waals surface area contributed by atoms with Crippen LogP contribution in [0.4, 0.5) is 0 Å². The molecule has 7 heteroatoms. The maximum Gasteiger partial charge on any atom is 0.420 e. The van der Waals surface area contributed by atoms with Gasteiger partial charge >= 0.3 is 5.76 Å². The lowest BCUT2D eigenvalue weighted by molar-refractivity contribution is -0.0419. The van der Waals surface area contributed by atoms with Gasteiger partial charge in [0.25, 0.3) is 0 Å². The van der Waals surface area contributed by atoms with E-state index in [0.717, 1.165) is 57.1 Å². The summed E-state index contributed by atoms with van der Waals surface area (Å²) < 4.78 is 18.2. The molecule has 2 fully saturated rings. The number of piperidine rings is 1. The standard InChI is InChI=1S/C23H31N3O4/c1-23(9-5-19(6-10-23)29-14-13-28-2)25-11-7-18(8-12-25)26-20-15-17(16-24)3-4-21(20)30-22(26)27/h3-4,15,18-19H,5-14H2,1-2H3. The number of nitrogens with zero attached hydrogens (tertiary/aromatic N) is 3. The Balaban J connectivity index is 1.39. The topological polar surface area (TPSA) is 80.6 Å². The smallest absolute Gasteiger partial charge is 0.408 e. The molecule has 1 aromatic heterocycles. The van der Waals surface area contributed by atoms with Crippen LogP contribution in [-0.2, 0) is 9.47 Å². The highest BCUT2D eigenvalue weighted by molar-refractivity contribution is 5.75. The molecular weight excluding hydrogens is 382 g/mol. The Morgan fingerprint density at radius 2 is 1.93 bits per heavy atom. The van der Waals surface area contributed by atoms with Gasteiger partial charge in [0.1, 0.15) is 0 Å². The molecule has 1 saturated carbocycles. The Kier molecular flexibility index (Phi) is 6.28. The average Bonchev–Trinajstić information content (AvgIpc) is 3.10. The number of nitriles is 1. The van der Waals surface area contributed by atoms with Crippen molar-refractivity contribution in [2.45, 2.75) is 63.1 Å². The van der Waals surface area contributed by atoms with E-state index in [1.54, 1.807) is 29.9 Å². The van der Waals surface area contributed by atoms with Gasteiger partial charge in [-0.3, -0.25) is 9.47 Å². The monoisotopic (exact) mass is 413 g/mol. The van der Waals surface area contributed by atoms with E-state index < -0.39 is 0 Å². The van der Waals surface area contributed by atoms with Crippen molar-refractivity contribution in [3.63, 3.8) is 0 Å². The Labute approximate surface area is 177 Å². The van der Waals surface area contributed by atoms with Gasteiger partial charge in [0.2, 0.25) is 0 Å². The van der Waals surface area contributed by atoms with E-state index in [1.807, 2.05) is 0 Å². The maximum atomic E-state index is 12.5. The molecule has 0 spiro atoms. The Hall–Kier alpha value is -2.14. The van der Waals surface area contributed by atoms with Crippen LogP contribution in [0.5, 0.6) is 0 Å². The number of hydrogen-bond acceptors (Lipinski definition) is 6. The quantitative estimate of drug-likeness (QED) is 0.675. The number of aromatic nitrogens is 1. The first kappa shape index (κ1) is 21.1. The minimum absolute atomic E-state index is 0.112. The molecule has 0 N–H and O–H groups in total. The van der Waals surface area contributed by atoms with Crippen molar-refractivity contribution in [1.82, 2.24) is 9.47 Å². The summed E-state index contributed by atoms with van der Waals surface area (Å²) in [5, 5.41) is 9.20. The average molecular weight is 414 g/mol. The van der Waals surface area contributed by atoms with Crippen LogP contribution in [0.2, 0.25) is 0 Å². The molecule has 0 unspecified atom stereocenters. The molecule has 0 amide bonds. The van der Waals surface area contributed by atoms with Crippen molar-refractivity contribution in [3.8, 4) is 6.07 Å². The predicted molar refractivity (Wildman–Crippen MR) is 114 cm³/mol. The van der Waals surface area contributed by atoms with E-state index >= 15 is 0 Å². The molecular formula is C23H31N3O4. The number of hydrogen-bond donors (Lipinski definition) is 0. The van der Waals surface area contributed by atoms with Crippen molar-refractivity contribution in [3.05, 3.63) is 34.3 Å². The number of likely N-dealkylation sites (tertiary alicyclic amines) is 1. The third-order valence-corrected chi connectivity index (χ3v) is 6.99. The lowest BCUT2D eigenvalue weighted by atomic mass is 9.79. The maximum absolute atomic E-state index is 12.5. The minimum Gasteiger partial charge on any atom is -0.408 e. The Bertz CT molecular complexity index is 957. The highest BCUT2D eigenvalue weighted by Crippen LogP contribution is 2.38. The molecule has 1 aromatic carbocycles. The highest BCUT2D eigenvalue weighted by atomic mass is 16.5. The van der Waals surface area contributed by atoms with Gasteiger partial charge in [0.15, 0.2) is 5.58 Å². The van der Waals surface area contributed by atoms with Crippen LogP contribution in [0, 0.1) is 11.3 Å². The van der Waals surface area contributed by atoms with Crippen molar-refractivity contribution in [1.29, 1.82) is 5.26 Å². The van der Waals surface area contributed by atoms with Crippen molar-refractivity contribution >= 4 is 11.1 Å². The minimum atomic E-state index is -0.321. The number of benzene rings is 1. The van der Waals surface area contributed by atoms with Crippen LogP contribution in [0.3, 0.4) is 0 Å². The molecule has 4 rings (SSSR count). The zero-order valence-corrected chi connectivity index (χ0v) is 17.9. The van der Waals surface area contributed by atoms with Gasteiger partial charge in [-0.2, -0.15) is 5.26 Å². The summed E-state index contributed by atoms with van der Waals surface area (Å²) in [4.78, 5) is 15.1. The van der Waals surface area contributed by atoms with Crippen molar-refractivity contribution < 1.29 is 13.9 Å². The molecule has 0 bridgehead atoms. The van der Waals surface area contributed by atoms with Gasteiger partial charge in [-0.1, -0.05) is 0 Å². The second kappa shape index (κ2) is 8.93. The first-order chi connectivity index (χ1) is 14.5.